The first kappa shape index (κ1) is 16.3. The van der Waals surface area contributed by atoms with Gasteiger partial charge in [0.1, 0.15) is 12.1 Å². The number of nitrogens with zero attached hydrogens (tertiary/aromatic N) is 4. The van der Waals surface area contributed by atoms with Crippen LogP contribution < -0.4 is 0 Å². The van der Waals surface area contributed by atoms with Crippen LogP contribution in [0.4, 0.5) is 0 Å². The van der Waals surface area contributed by atoms with Crippen LogP contribution in [0.2, 0.25) is 0 Å². The second kappa shape index (κ2) is 7.35. The van der Waals surface area contributed by atoms with Gasteiger partial charge < -0.3 is 13.9 Å². The van der Waals surface area contributed by atoms with Crippen molar-refractivity contribution in [2.75, 3.05) is 14.1 Å². The van der Waals surface area contributed by atoms with E-state index in [1.54, 1.807) is 43.3 Å². The second-order valence-corrected chi connectivity index (χ2v) is 6.45. The second-order valence-electron chi connectivity index (χ2n) is 5.51. The van der Waals surface area contributed by atoms with E-state index in [0.29, 0.717) is 12.1 Å². The van der Waals surface area contributed by atoms with E-state index in [0.717, 1.165) is 22.2 Å². The van der Waals surface area contributed by atoms with E-state index in [1.807, 2.05) is 41.0 Å². The van der Waals surface area contributed by atoms with Crippen molar-refractivity contribution in [2.45, 2.75) is 17.5 Å². The Kier molecular flexibility index (Phi) is 5.00. The first-order valence-corrected chi connectivity index (χ1v) is 8.45. The molecule has 2 heterocycles. The van der Waals surface area contributed by atoms with E-state index in [1.165, 1.54) is 0 Å². The Bertz CT molecular complexity index is 794. The first-order valence-electron chi connectivity index (χ1n) is 7.47. The third-order valence-corrected chi connectivity index (χ3v) is 4.51. The van der Waals surface area contributed by atoms with Crippen molar-refractivity contribution in [3.63, 3.8) is 0 Å². The summed E-state index contributed by atoms with van der Waals surface area (Å²) in [6, 6.07) is 11.4. The van der Waals surface area contributed by atoms with Crippen LogP contribution in [0, 0.1) is 0 Å². The van der Waals surface area contributed by atoms with Crippen LogP contribution in [0.3, 0.4) is 0 Å². The predicted octanol–water partition coefficient (Wildman–Crippen LogP) is 2.91. The Morgan fingerprint density at radius 1 is 1.25 bits per heavy atom. The summed E-state index contributed by atoms with van der Waals surface area (Å²) < 4.78 is 7.31. The van der Waals surface area contributed by atoms with E-state index in [2.05, 4.69) is 10.2 Å². The Morgan fingerprint density at radius 2 is 2.04 bits per heavy atom. The first-order chi connectivity index (χ1) is 11.6. The molecule has 0 radical (unpaired) electrons. The zero-order chi connectivity index (χ0) is 16.9. The molecule has 0 saturated carbocycles. The number of aromatic nitrogens is 3. The van der Waals surface area contributed by atoms with E-state index in [-0.39, 0.29) is 5.91 Å². The van der Waals surface area contributed by atoms with Crippen molar-refractivity contribution in [1.29, 1.82) is 0 Å². The molecule has 124 valence electrons. The molecule has 0 atom stereocenters. The van der Waals surface area contributed by atoms with Crippen molar-refractivity contribution < 1.29 is 9.21 Å². The lowest BCUT2D eigenvalue weighted by Gasteiger charge is -2.10. The van der Waals surface area contributed by atoms with E-state index in [4.69, 9.17) is 4.42 Å². The molecule has 0 unspecified atom stereocenters. The fourth-order valence-electron chi connectivity index (χ4n) is 2.18. The number of benzene rings is 1. The monoisotopic (exact) mass is 342 g/mol. The Labute approximate surface area is 144 Å². The summed E-state index contributed by atoms with van der Waals surface area (Å²) in [4.78, 5) is 13.5. The summed E-state index contributed by atoms with van der Waals surface area (Å²) in [7, 11) is 3.50. The number of rotatable bonds is 6. The van der Waals surface area contributed by atoms with Gasteiger partial charge in [-0.1, -0.05) is 23.9 Å². The summed E-state index contributed by atoms with van der Waals surface area (Å²) in [5, 5.41) is 8.96. The predicted molar refractivity (Wildman–Crippen MR) is 91.9 cm³/mol. The molecule has 0 bridgehead atoms. The molecule has 7 heteroatoms. The Morgan fingerprint density at radius 3 is 2.71 bits per heavy atom. The van der Waals surface area contributed by atoms with Crippen LogP contribution in [0.5, 0.6) is 0 Å². The molecule has 1 amide bonds. The van der Waals surface area contributed by atoms with Gasteiger partial charge in [0, 0.05) is 25.4 Å². The van der Waals surface area contributed by atoms with Gasteiger partial charge >= 0.3 is 0 Å². The van der Waals surface area contributed by atoms with Gasteiger partial charge in [0.05, 0.1) is 12.8 Å². The normalized spacial score (nSPS) is 10.8. The molecule has 3 aromatic rings. The van der Waals surface area contributed by atoms with Gasteiger partial charge in [0.2, 0.25) is 0 Å². The van der Waals surface area contributed by atoms with Crippen LogP contribution in [0.1, 0.15) is 21.7 Å². The number of carbonyl (C=O) groups excluding carboxylic acids is 1. The van der Waals surface area contributed by atoms with Gasteiger partial charge in [-0.05, 0) is 29.8 Å². The lowest BCUT2D eigenvalue weighted by Crippen LogP contribution is -2.21. The number of furan rings is 1. The Hall–Kier alpha value is -2.54. The van der Waals surface area contributed by atoms with Gasteiger partial charge in [-0.15, -0.1) is 10.2 Å². The van der Waals surface area contributed by atoms with Crippen LogP contribution in [-0.4, -0.2) is 39.7 Å². The maximum Gasteiger partial charge on any atom is 0.253 e. The highest BCUT2D eigenvalue weighted by atomic mass is 32.2. The standard InChI is InChI=1S/C17H18N4O2S/c1-20(2)16(22)14-7-5-13(6-8-14)11-24-17-19-18-12-21(17)10-15-4-3-9-23-15/h3-9,12H,10-11H2,1-2H3. The van der Waals surface area contributed by atoms with Crippen molar-refractivity contribution >= 4 is 17.7 Å². The zero-order valence-corrected chi connectivity index (χ0v) is 14.4. The molecule has 0 aliphatic heterocycles. The van der Waals surface area contributed by atoms with Gasteiger partial charge in [-0.2, -0.15) is 0 Å². The Balaban J connectivity index is 1.62. The van der Waals surface area contributed by atoms with Crippen LogP contribution in [0.15, 0.2) is 58.6 Å². The highest BCUT2D eigenvalue weighted by Gasteiger charge is 2.09. The van der Waals surface area contributed by atoms with Gasteiger partial charge in [0.15, 0.2) is 5.16 Å². The molecule has 24 heavy (non-hydrogen) atoms. The topological polar surface area (TPSA) is 64.2 Å². The van der Waals surface area contributed by atoms with Crippen molar-refractivity contribution in [3.05, 3.63) is 65.9 Å². The highest BCUT2D eigenvalue weighted by Crippen LogP contribution is 2.22. The summed E-state index contributed by atoms with van der Waals surface area (Å²) in [6.45, 7) is 0.610. The van der Waals surface area contributed by atoms with Crippen molar-refractivity contribution in [3.8, 4) is 0 Å². The third-order valence-electron chi connectivity index (χ3n) is 3.46. The fourth-order valence-corrected chi connectivity index (χ4v) is 3.06. The quantitative estimate of drug-likeness (QED) is 0.645. The summed E-state index contributed by atoms with van der Waals surface area (Å²) in [6.07, 6.45) is 3.35. The van der Waals surface area contributed by atoms with E-state index in [9.17, 15) is 4.79 Å². The number of thioether (sulfide) groups is 1. The molecule has 3 rings (SSSR count). The highest BCUT2D eigenvalue weighted by molar-refractivity contribution is 7.98. The summed E-state index contributed by atoms with van der Waals surface area (Å²) in [5.41, 5.74) is 1.82. The molecule has 6 nitrogen and oxygen atoms in total. The number of amides is 1. The maximum atomic E-state index is 11.9. The van der Waals surface area contributed by atoms with Crippen LogP contribution >= 0.6 is 11.8 Å². The average molecular weight is 342 g/mol. The molecule has 0 aliphatic carbocycles. The van der Waals surface area contributed by atoms with E-state index < -0.39 is 0 Å². The molecule has 0 aliphatic rings. The minimum atomic E-state index is 0.00685. The lowest BCUT2D eigenvalue weighted by molar-refractivity contribution is 0.0827. The minimum Gasteiger partial charge on any atom is -0.467 e. The van der Waals surface area contributed by atoms with Crippen LogP contribution in [0.25, 0.3) is 0 Å². The van der Waals surface area contributed by atoms with E-state index >= 15 is 0 Å². The number of hydrogen-bond acceptors (Lipinski definition) is 5. The van der Waals surface area contributed by atoms with Crippen molar-refractivity contribution in [2.24, 2.45) is 0 Å². The zero-order valence-electron chi connectivity index (χ0n) is 13.5. The summed E-state index contributed by atoms with van der Waals surface area (Å²) >= 11 is 1.60. The third kappa shape index (κ3) is 3.86. The molecular weight excluding hydrogens is 324 g/mol. The molecule has 0 saturated heterocycles. The van der Waals surface area contributed by atoms with Gasteiger partial charge in [-0.25, -0.2) is 0 Å². The largest absolute Gasteiger partial charge is 0.467 e. The average Bonchev–Trinajstić information content (AvgIpc) is 3.25. The molecule has 0 N–H and O–H groups in total. The SMILES string of the molecule is CN(C)C(=O)c1ccc(CSc2nncn2Cc2ccco2)cc1. The number of hydrogen-bond donors (Lipinski definition) is 0. The summed E-state index contributed by atoms with van der Waals surface area (Å²) in [5.74, 6) is 1.63. The van der Waals surface area contributed by atoms with Crippen LogP contribution in [-0.2, 0) is 12.3 Å². The lowest BCUT2D eigenvalue weighted by atomic mass is 10.1. The number of carbonyl (C=O) groups is 1. The maximum absolute atomic E-state index is 11.9. The fraction of sp³-hybridized carbons (Fsp3) is 0.235. The molecule has 0 spiro atoms. The molecule has 0 fully saturated rings. The molecule has 2 aromatic heterocycles. The minimum absolute atomic E-state index is 0.00685. The van der Waals surface area contributed by atoms with Gasteiger partial charge in [-0.3, -0.25) is 4.79 Å². The molecular formula is C17H18N4O2S. The van der Waals surface area contributed by atoms with Crippen molar-refractivity contribution in [1.82, 2.24) is 19.7 Å². The smallest absolute Gasteiger partial charge is 0.253 e. The van der Waals surface area contributed by atoms with Gasteiger partial charge in [0.25, 0.3) is 5.91 Å². The molecule has 1 aromatic carbocycles.